The molecule has 1 heterocycles. The maximum Gasteiger partial charge on any atom is 0.287 e. The average molecular weight is 280 g/mol. The average Bonchev–Trinajstić information content (AvgIpc) is 2.91. The molecule has 20 heavy (non-hydrogen) atoms. The molecule has 0 fully saturated rings. The van der Waals surface area contributed by atoms with Crippen LogP contribution < -0.4 is 10.6 Å². The predicted octanol–water partition coefficient (Wildman–Crippen LogP) is 1.11. The minimum atomic E-state index is -0.645. The highest BCUT2D eigenvalue weighted by atomic mass is 16.5. The van der Waals surface area contributed by atoms with Crippen LogP contribution in [0.15, 0.2) is 35.0 Å². The van der Waals surface area contributed by atoms with Crippen LogP contribution in [-0.4, -0.2) is 37.6 Å². The lowest BCUT2D eigenvalue weighted by molar-refractivity contribution is -0.122. The van der Waals surface area contributed by atoms with Crippen LogP contribution in [0, 0.1) is 0 Å². The van der Waals surface area contributed by atoms with Crippen LogP contribution in [0.3, 0.4) is 0 Å². The highest BCUT2D eigenvalue weighted by molar-refractivity contribution is 5.95. The Morgan fingerprint density at radius 1 is 1.50 bits per heavy atom. The summed E-state index contributed by atoms with van der Waals surface area (Å²) < 4.78 is 10.2. The smallest absolute Gasteiger partial charge is 0.287 e. The van der Waals surface area contributed by atoms with Crippen LogP contribution in [0.5, 0.6) is 0 Å². The first kappa shape index (κ1) is 16.0. The Kier molecular flexibility index (Phi) is 6.52. The summed E-state index contributed by atoms with van der Waals surface area (Å²) in [7, 11) is 0. The van der Waals surface area contributed by atoms with Gasteiger partial charge in [-0.25, -0.2) is 0 Å². The van der Waals surface area contributed by atoms with Crippen LogP contribution in [0.4, 0.5) is 0 Å². The van der Waals surface area contributed by atoms with Gasteiger partial charge in [-0.1, -0.05) is 12.2 Å². The van der Waals surface area contributed by atoms with Gasteiger partial charge in [0.2, 0.25) is 5.91 Å². The molecule has 1 rings (SSSR count). The Hall–Kier alpha value is -2.08. The van der Waals surface area contributed by atoms with E-state index in [0.717, 1.165) is 5.57 Å². The molecular weight excluding hydrogens is 260 g/mol. The molecule has 0 saturated heterocycles. The number of hydrogen-bond acceptors (Lipinski definition) is 4. The highest BCUT2D eigenvalue weighted by Gasteiger charge is 2.17. The van der Waals surface area contributed by atoms with E-state index in [1.54, 1.807) is 13.0 Å². The van der Waals surface area contributed by atoms with Gasteiger partial charge >= 0.3 is 0 Å². The van der Waals surface area contributed by atoms with Crippen molar-refractivity contribution in [1.82, 2.24) is 10.6 Å². The lowest BCUT2D eigenvalue weighted by Gasteiger charge is -2.13. The molecule has 1 aromatic heterocycles. The van der Waals surface area contributed by atoms with Gasteiger partial charge in [-0.05, 0) is 26.0 Å². The second-order valence-corrected chi connectivity index (χ2v) is 4.47. The highest BCUT2D eigenvalue weighted by Crippen LogP contribution is 1.99. The second kappa shape index (κ2) is 8.16. The first-order valence-corrected chi connectivity index (χ1v) is 6.35. The number of furan rings is 1. The van der Waals surface area contributed by atoms with Crippen molar-refractivity contribution >= 4 is 11.8 Å². The third-order valence-electron chi connectivity index (χ3n) is 2.38. The first-order valence-electron chi connectivity index (χ1n) is 6.35. The second-order valence-electron chi connectivity index (χ2n) is 4.47. The van der Waals surface area contributed by atoms with E-state index < -0.39 is 11.9 Å². The molecule has 1 aromatic rings. The topological polar surface area (TPSA) is 80.6 Å². The molecule has 1 atom stereocenters. The zero-order valence-corrected chi connectivity index (χ0v) is 11.8. The van der Waals surface area contributed by atoms with E-state index in [9.17, 15) is 9.59 Å². The summed E-state index contributed by atoms with van der Waals surface area (Å²) in [5.41, 5.74) is 0.926. The fourth-order valence-electron chi connectivity index (χ4n) is 1.39. The van der Waals surface area contributed by atoms with Gasteiger partial charge in [0.05, 0.1) is 19.5 Å². The fourth-order valence-corrected chi connectivity index (χ4v) is 1.39. The Morgan fingerprint density at radius 2 is 2.25 bits per heavy atom. The van der Waals surface area contributed by atoms with Crippen molar-refractivity contribution in [3.8, 4) is 0 Å². The lowest BCUT2D eigenvalue weighted by Crippen LogP contribution is -2.45. The van der Waals surface area contributed by atoms with Gasteiger partial charge in [-0.3, -0.25) is 9.59 Å². The molecule has 110 valence electrons. The Morgan fingerprint density at radius 3 is 2.85 bits per heavy atom. The summed E-state index contributed by atoms with van der Waals surface area (Å²) in [5.74, 6) is -0.519. The molecule has 6 nitrogen and oxygen atoms in total. The third-order valence-corrected chi connectivity index (χ3v) is 2.38. The summed E-state index contributed by atoms with van der Waals surface area (Å²) in [4.78, 5) is 23.4. The minimum Gasteiger partial charge on any atom is -0.459 e. The molecule has 2 amide bonds. The number of carbonyl (C=O) groups is 2. The van der Waals surface area contributed by atoms with E-state index in [2.05, 4.69) is 17.2 Å². The molecule has 2 N–H and O–H groups in total. The molecule has 0 radical (unpaired) electrons. The number of hydrogen-bond donors (Lipinski definition) is 2. The number of amides is 2. The van der Waals surface area contributed by atoms with E-state index in [-0.39, 0.29) is 11.7 Å². The van der Waals surface area contributed by atoms with Crippen molar-refractivity contribution in [2.45, 2.75) is 19.9 Å². The van der Waals surface area contributed by atoms with Crippen molar-refractivity contribution in [2.24, 2.45) is 0 Å². The molecule has 6 heteroatoms. The van der Waals surface area contributed by atoms with Gasteiger partial charge in [0.25, 0.3) is 5.91 Å². The Labute approximate surface area is 118 Å². The van der Waals surface area contributed by atoms with Crippen molar-refractivity contribution in [3.63, 3.8) is 0 Å². The van der Waals surface area contributed by atoms with E-state index in [1.807, 2.05) is 6.92 Å². The SMILES string of the molecule is C=C(C)COCCNC(=O)C(C)NC(=O)c1ccco1. The van der Waals surface area contributed by atoms with E-state index in [4.69, 9.17) is 9.15 Å². The van der Waals surface area contributed by atoms with Crippen molar-refractivity contribution in [2.75, 3.05) is 19.8 Å². The largest absolute Gasteiger partial charge is 0.459 e. The summed E-state index contributed by atoms with van der Waals surface area (Å²) in [6.07, 6.45) is 1.40. The van der Waals surface area contributed by atoms with Gasteiger partial charge in [-0.2, -0.15) is 0 Å². The summed E-state index contributed by atoms with van der Waals surface area (Å²) in [6, 6.07) is 2.50. The normalized spacial score (nSPS) is 11.7. The maximum absolute atomic E-state index is 11.7. The Balaban J connectivity index is 2.22. The summed E-state index contributed by atoms with van der Waals surface area (Å²) in [5, 5.41) is 5.21. The van der Waals surface area contributed by atoms with Crippen LogP contribution in [0.25, 0.3) is 0 Å². The molecule has 0 aliphatic heterocycles. The van der Waals surface area contributed by atoms with Crippen molar-refractivity contribution < 1.29 is 18.7 Å². The molecule has 0 saturated carbocycles. The zero-order valence-electron chi connectivity index (χ0n) is 11.8. The number of ether oxygens (including phenoxy) is 1. The van der Waals surface area contributed by atoms with Crippen LogP contribution >= 0.6 is 0 Å². The third kappa shape index (κ3) is 5.71. The number of rotatable bonds is 8. The summed E-state index contributed by atoms with van der Waals surface area (Å²) in [6.45, 7) is 8.43. The summed E-state index contributed by atoms with van der Waals surface area (Å²) >= 11 is 0. The molecule has 1 unspecified atom stereocenters. The van der Waals surface area contributed by atoms with Gasteiger partial charge in [0, 0.05) is 6.54 Å². The lowest BCUT2D eigenvalue weighted by atomic mass is 10.3. The van der Waals surface area contributed by atoms with Crippen LogP contribution in [-0.2, 0) is 9.53 Å². The monoisotopic (exact) mass is 280 g/mol. The maximum atomic E-state index is 11.7. The van der Waals surface area contributed by atoms with Crippen molar-refractivity contribution in [3.05, 3.63) is 36.3 Å². The zero-order chi connectivity index (χ0) is 15.0. The predicted molar refractivity (Wildman–Crippen MR) is 74.3 cm³/mol. The molecule has 0 aromatic carbocycles. The van der Waals surface area contributed by atoms with Gasteiger partial charge in [0.15, 0.2) is 5.76 Å². The number of carbonyl (C=O) groups excluding carboxylic acids is 2. The minimum absolute atomic E-state index is 0.175. The molecular formula is C14H20N2O4. The standard InChI is InChI=1S/C14H20N2O4/c1-10(2)9-19-8-6-15-13(17)11(3)16-14(18)12-5-4-7-20-12/h4-5,7,11H,1,6,8-9H2,2-3H3,(H,15,17)(H,16,18). The van der Waals surface area contributed by atoms with Gasteiger partial charge in [-0.15, -0.1) is 0 Å². The fraction of sp³-hybridized carbons (Fsp3) is 0.429. The number of nitrogens with one attached hydrogen (secondary N) is 2. The van der Waals surface area contributed by atoms with Gasteiger partial charge in [0.1, 0.15) is 6.04 Å². The van der Waals surface area contributed by atoms with E-state index in [0.29, 0.717) is 19.8 Å². The van der Waals surface area contributed by atoms with E-state index >= 15 is 0 Å². The van der Waals surface area contributed by atoms with E-state index in [1.165, 1.54) is 12.3 Å². The molecule has 0 aliphatic carbocycles. The van der Waals surface area contributed by atoms with Gasteiger partial charge < -0.3 is 19.8 Å². The first-order chi connectivity index (χ1) is 9.50. The Bertz CT molecular complexity index is 454. The van der Waals surface area contributed by atoms with Crippen LogP contribution in [0.1, 0.15) is 24.4 Å². The van der Waals surface area contributed by atoms with Crippen LogP contribution in [0.2, 0.25) is 0 Å². The van der Waals surface area contributed by atoms with Crippen molar-refractivity contribution in [1.29, 1.82) is 0 Å². The molecule has 0 spiro atoms. The molecule has 0 bridgehead atoms. The quantitative estimate of drug-likeness (QED) is 0.552. The molecule has 0 aliphatic rings.